The zero-order valence-corrected chi connectivity index (χ0v) is 19.2. The van der Waals surface area contributed by atoms with Gasteiger partial charge >= 0.3 is 12.3 Å². The van der Waals surface area contributed by atoms with Crippen LogP contribution in [-0.4, -0.2) is 53.7 Å². The smallest absolute Gasteiger partial charge is 0.422 e. The Morgan fingerprint density at radius 1 is 1.00 bits per heavy atom. The van der Waals surface area contributed by atoms with Gasteiger partial charge in [0.25, 0.3) is 0 Å². The first kappa shape index (κ1) is 24.0. The van der Waals surface area contributed by atoms with Crippen molar-refractivity contribution in [2.24, 2.45) is 0 Å². The fourth-order valence-corrected chi connectivity index (χ4v) is 5.30. The predicted octanol–water partition coefficient (Wildman–Crippen LogP) is 5.36. The number of amides is 1. The van der Waals surface area contributed by atoms with Gasteiger partial charge in [-0.3, -0.25) is 14.6 Å². The molecule has 2 atom stereocenters. The zero-order valence-electron chi connectivity index (χ0n) is 18.4. The summed E-state index contributed by atoms with van der Waals surface area (Å²) in [6, 6.07) is 20.3. The van der Waals surface area contributed by atoms with Crippen molar-refractivity contribution in [3.8, 4) is 0 Å². The fraction of sp³-hybridized carbons (Fsp3) is 0.280. The van der Waals surface area contributed by atoms with Gasteiger partial charge in [-0.25, -0.2) is 4.79 Å². The molecule has 0 N–H and O–H groups in total. The van der Waals surface area contributed by atoms with Gasteiger partial charge in [0.2, 0.25) is 5.78 Å². The van der Waals surface area contributed by atoms with E-state index in [-0.39, 0.29) is 25.3 Å². The van der Waals surface area contributed by atoms with Crippen LogP contribution in [0.5, 0.6) is 0 Å². The lowest BCUT2D eigenvalue weighted by Crippen LogP contribution is -2.53. The van der Waals surface area contributed by atoms with Crippen molar-refractivity contribution in [2.45, 2.75) is 31.3 Å². The highest BCUT2D eigenvalue weighted by Crippen LogP contribution is 2.37. The Hall–Kier alpha value is -3.17. The van der Waals surface area contributed by atoms with Crippen LogP contribution in [-0.2, 0) is 17.7 Å². The van der Waals surface area contributed by atoms with Crippen LogP contribution in [0.4, 0.5) is 18.0 Å². The van der Waals surface area contributed by atoms with E-state index in [1.54, 1.807) is 66.7 Å². The Morgan fingerprint density at radius 3 is 2.26 bits per heavy atom. The Balaban J connectivity index is 1.59. The molecule has 0 saturated carbocycles. The molecule has 0 unspecified atom stereocenters. The van der Waals surface area contributed by atoms with Crippen LogP contribution >= 0.6 is 11.3 Å². The molecule has 0 radical (unpaired) electrons. The number of carbonyl (C=O) groups is 2. The van der Waals surface area contributed by atoms with Crippen LogP contribution in [0.25, 0.3) is 0 Å². The molecule has 1 aliphatic heterocycles. The van der Waals surface area contributed by atoms with Crippen molar-refractivity contribution in [3.63, 3.8) is 0 Å². The number of thiophene rings is 1. The minimum atomic E-state index is -4.67. The molecule has 1 fully saturated rings. The van der Waals surface area contributed by atoms with E-state index in [0.717, 1.165) is 16.9 Å². The average Bonchev–Trinajstić information content (AvgIpc) is 3.44. The average molecular weight is 489 g/mol. The van der Waals surface area contributed by atoms with Crippen LogP contribution in [0.15, 0.2) is 72.8 Å². The van der Waals surface area contributed by atoms with Crippen LogP contribution < -0.4 is 0 Å². The van der Waals surface area contributed by atoms with Crippen molar-refractivity contribution in [1.82, 2.24) is 9.80 Å². The number of hydrogen-bond acceptors (Lipinski definition) is 5. The van der Waals surface area contributed by atoms with E-state index in [1.165, 1.54) is 16.2 Å². The molecule has 1 aliphatic rings. The number of methoxy groups -OCH3 is 1. The van der Waals surface area contributed by atoms with E-state index in [2.05, 4.69) is 0 Å². The number of rotatable bonds is 6. The number of nitrogens with zero attached hydrogens (tertiary/aromatic N) is 2. The highest BCUT2D eigenvalue weighted by Gasteiger charge is 2.56. The topological polar surface area (TPSA) is 49.9 Å². The van der Waals surface area contributed by atoms with Crippen LogP contribution in [0, 0.1) is 0 Å². The maximum absolute atomic E-state index is 14.1. The van der Waals surface area contributed by atoms with Gasteiger partial charge in [0.15, 0.2) is 6.17 Å². The van der Waals surface area contributed by atoms with E-state index in [9.17, 15) is 22.8 Å². The normalized spacial score (nSPS) is 18.8. The van der Waals surface area contributed by atoms with Crippen LogP contribution in [0.3, 0.4) is 0 Å². The van der Waals surface area contributed by atoms with Crippen molar-refractivity contribution < 1.29 is 27.5 Å². The van der Waals surface area contributed by atoms with E-state index >= 15 is 0 Å². The highest BCUT2D eigenvalue weighted by atomic mass is 32.1. The molecule has 1 amide bonds. The molecule has 2 aromatic carbocycles. The number of halogens is 3. The second kappa shape index (κ2) is 9.99. The second-order valence-electron chi connectivity index (χ2n) is 8.03. The molecule has 4 rings (SSSR count). The molecule has 178 valence electrons. The lowest BCUT2D eigenvalue weighted by molar-refractivity contribution is -0.205. The maximum atomic E-state index is 14.1. The summed E-state index contributed by atoms with van der Waals surface area (Å²) < 4.78 is 47.1. The van der Waals surface area contributed by atoms with Crippen molar-refractivity contribution in [1.29, 1.82) is 0 Å². The van der Waals surface area contributed by atoms with E-state index in [1.807, 2.05) is 6.07 Å². The first-order chi connectivity index (χ1) is 16.3. The quantitative estimate of drug-likeness (QED) is 0.438. The number of ether oxygens (including phenoxy) is 1. The summed E-state index contributed by atoms with van der Waals surface area (Å²) >= 11 is 1.23. The van der Waals surface area contributed by atoms with Crippen molar-refractivity contribution in [2.75, 3.05) is 13.7 Å². The van der Waals surface area contributed by atoms with Gasteiger partial charge in [0.05, 0.1) is 18.0 Å². The molecule has 34 heavy (non-hydrogen) atoms. The largest absolute Gasteiger partial charge is 0.453 e. The number of carbonyl (C=O) groups excluding carboxylic acids is 2. The zero-order chi connectivity index (χ0) is 24.3. The molecule has 9 heteroatoms. The van der Waals surface area contributed by atoms with E-state index < -0.39 is 24.5 Å². The minimum absolute atomic E-state index is 0.0219. The van der Waals surface area contributed by atoms with Gasteiger partial charge < -0.3 is 4.74 Å². The Labute approximate surface area is 199 Å². The summed E-state index contributed by atoms with van der Waals surface area (Å²) in [6.45, 7) is 0.0607. The molecule has 1 saturated heterocycles. The van der Waals surface area contributed by atoms with Gasteiger partial charge in [-0.15, -0.1) is 11.3 Å². The van der Waals surface area contributed by atoms with Crippen LogP contribution in [0.2, 0.25) is 0 Å². The van der Waals surface area contributed by atoms with Gasteiger partial charge in [-0.2, -0.15) is 13.2 Å². The van der Waals surface area contributed by atoms with Gasteiger partial charge in [0, 0.05) is 30.0 Å². The SMILES string of the molecule is COC(=O)N1[C@@H](Cc2ccc(C(=O)c3ccccc3)s2)CN(Cc2ccccc2)[C@H]1C(F)(F)F. The molecule has 5 nitrogen and oxygen atoms in total. The van der Waals surface area contributed by atoms with Crippen molar-refractivity contribution in [3.05, 3.63) is 93.7 Å². The van der Waals surface area contributed by atoms with Gasteiger partial charge in [-0.1, -0.05) is 60.7 Å². The number of ketones is 1. The first-order valence-corrected chi connectivity index (χ1v) is 11.5. The lowest BCUT2D eigenvalue weighted by Gasteiger charge is -2.32. The third kappa shape index (κ3) is 5.15. The number of hydrogen-bond donors (Lipinski definition) is 0. The molecule has 0 aliphatic carbocycles. The minimum Gasteiger partial charge on any atom is -0.453 e. The molecular weight excluding hydrogens is 465 g/mol. The Bertz CT molecular complexity index is 1140. The Morgan fingerprint density at radius 2 is 1.65 bits per heavy atom. The fourth-order valence-electron chi connectivity index (χ4n) is 4.26. The maximum Gasteiger partial charge on any atom is 0.422 e. The summed E-state index contributed by atoms with van der Waals surface area (Å²) in [6.07, 6.45) is -7.61. The van der Waals surface area contributed by atoms with Crippen LogP contribution in [0.1, 0.15) is 25.7 Å². The lowest BCUT2D eigenvalue weighted by atomic mass is 10.1. The summed E-state index contributed by atoms with van der Waals surface area (Å²) in [4.78, 5) is 28.5. The van der Waals surface area contributed by atoms with Crippen molar-refractivity contribution >= 4 is 23.2 Å². The highest BCUT2D eigenvalue weighted by molar-refractivity contribution is 7.14. The van der Waals surface area contributed by atoms with Gasteiger partial charge in [0.1, 0.15) is 0 Å². The molecule has 0 spiro atoms. The second-order valence-corrected chi connectivity index (χ2v) is 9.20. The number of alkyl halides is 3. The molecule has 0 bridgehead atoms. The van der Waals surface area contributed by atoms with E-state index in [0.29, 0.717) is 16.0 Å². The van der Waals surface area contributed by atoms with E-state index in [4.69, 9.17) is 4.74 Å². The standard InChI is InChI=1S/C25H23F3N2O3S/c1-33-24(32)30-19(14-20-12-13-21(34-20)22(31)18-10-6-3-7-11-18)16-29(23(30)25(26,27)28)15-17-8-4-2-5-9-17/h2-13,19,23H,14-16H2,1H3/t19-,23+/m0/s1. The summed E-state index contributed by atoms with van der Waals surface area (Å²) in [7, 11) is 1.08. The number of benzene rings is 2. The third-order valence-corrected chi connectivity index (χ3v) is 6.82. The molecular formula is C25H23F3N2O3S. The third-order valence-electron chi connectivity index (χ3n) is 5.71. The molecule has 1 aromatic heterocycles. The van der Waals surface area contributed by atoms with Gasteiger partial charge in [-0.05, 0) is 17.7 Å². The predicted molar refractivity (Wildman–Crippen MR) is 123 cm³/mol. The summed E-state index contributed by atoms with van der Waals surface area (Å²) in [5, 5.41) is 0. The Kier molecular flexibility index (Phi) is 7.04. The first-order valence-electron chi connectivity index (χ1n) is 10.7. The summed E-state index contributed by atoms with van der Waals surface area (Å²) in [5.41, 5.74) is 1.26. The summed E-state index contributed by atoms with van der Waals surface area (Å²) in [5.74, 6) is -0.146. The monoisotopic (exact) mass is 488 g/mol. The molecule has 3 aromatic rings. The molecule has 2 heterocycles.